The first-order valence-corrected chi connectivity index (χ1v) is 11.7. The van der Waals surface area contributed by atoms with Gasteiger partial charge in [-0.1, -0.05) is 44.2 Å². The quantitative estimate of drug-likeness (QED) is 0.421. The standard InChI is InChI=1S/C27H29NO5/c1-17(2)24(27(30)31-15-18-8-4-3-5-9-18)28-14-22-23(32-16-28)13-12-20-19-10-6-7-11-21(19)26(29)33-25(20)22/h3-5,8-9,12-13,17,24H,6-7,10-11,14-16H2,1-2H3. The average molecular weight is 448 g/mol. The van der Waals surface area contributed by atoms with Gasteiger partial charge in [0.2, 0.25) is 0 Å². The Kier molecular flexibility index (Phi) is 5.94. The average Bonchev–Trinajstić information content (AvgIpc) is 2.83. The number of ether oxygens (including phenoxy) is 2. The molecule has 0 fully saturated rings. The van der Waals surface area contributed by atoms with Gasteiger partial charge in [0.15, 0.2) is 0 Å². The Morgan fingerprint density at radius 2 is 1.79 bits per heavy atom. The molecule has 2 aliphatic rings. The minimum absolute atomic E-state index is 0.0215. The van der Waals surface area contributed by atoms with Gasteiger partial charge in [-0.15, -0.1) is 0 Å². The third kappa shape index (κ3) is 4.15. The van der Waals surface area contributed by atoms with Crippen LogP contribution in [-0.2, 0) is 35.5 Å². The Bertz CT molecular complexity index is 1230. The number of esters is 1. The number of benzene rings is 2. The molecule has 1 aliphatic heterocycles. The van der Waals surface area contributed by atoms with Gasteiger partial charge in [0.25, 0.3) is 0 Å². The van der Waals surface area contributed by atoms with E-state index < -0.39 is 6.04 Å². The predicted octanol–water partition coefficient (Wildman–Crippen LogP) is 4.59. The van der Waals surface area contributed by atoms with Crippen LogP contribution in [0.2, 0.25) is 0 Å². The van der Waals surface area contributed by atoms with Crippen molar-refractivity contribution in [3.8, 4) is 5.75 Å². The monoisotopic (exact) mass is 447 g/mol. The largest absolute Gasteiger partial charge is 0.478 e. The maximum absolute atomic E-state index is 13.1. The van der Waals surface area contributed by atoms with Crippen molar-refractivity contribution < 1.29 is 18.7 Å². The second kappa shape index (κ2) is 9.02. The highest BCUT2D eigenvalue weighted by Crippen LogP contribution is 2.36. The molecule has 1 atom stereocenters. The fourth-order valence-corrected chi connectivity index (χ4v) is 5.07. The van der Waals surface area contributed by atoms with E-state index in [0.717, 1.165) is 53.3 Å². The highest BCUT2D eigenvalue weighted by molar-refractivity contribution is 5.86. The Balaban J connectivity index is 1.44. The highest BCUT2D eigenvalue weighted by atomic mass is 16.5. The van der Waals surface area contributed by atoms with Crippen molar-refractivity contribution >= 4 is 16.9 Å². The minimum atomic E-state index is -0.471. The maximum Gasteiger partial charge on any atom is 0.339 e. The number of carbonyl (C=O) groups excluding carboxylic acids is 1. The molecule has 0 bridgehead atoms. The molecule has 0 amide bonds. The van der Waals surface area contributed by atoms with Crippen molar-refractivity contribution in [1.82, 2.24) is 4.90 Å². The van der Waals surface area contributed by atoms with Crippen LogP contribution in [0.4, 0.5) is 0 Å². The molecular formula is C27H29NO5. The van der Waals surface area contributed by atoms with Crippen LogP contribution in [0.1, 0.15) is 48.9 Å². The van der Waals surface area contributed by atoms with E-state index in [-0.39, 0.29) is 30.9 Å². The molecule has 1 unspecified atom stereocenters. The van der Waals surface area contributed by atoms with Gasteiger partial charge >= 0.3 is 11.6 Å². The van der Waals surface area contributed by atoms with E-state index in [2.05, 4.69) is 0 Å². The first-order chi connectivity index (χ1) is 16.0. The summed E-state index contributed by atoms with van der Waals surface area (Å²) in [5.74, 6) is 0.450. The van der Waals surface area contributed by atoms with Gasteiger partial charge < -0.3 is 13.9 Å². The predicted molar refractivity (Wildman–Crippen MR) is 125 cm³/mol. The zero-order chi connectivity index (χ0) is 22.9. The summed E-state index contributed by atoms with van der Waals surface area (Å²) in [5, 5.41) is 0.987. The lowest BCUT2D eigenvalue weighted by Crippen LogP contribution is -2.48. The molecule has 0 N–H and O–H groups in total. The SMILES string of the molecule is CC(C)C(C(=O)OCc1ccccc1)N1COc2ccc3c4c(c(=O)oc3c2C1)CCCC4. The maximum atomic E-state index is 13.1. The summed E-state index contributed by atoms with van der Waals surface area (Å²) in [6.45, 7) is 4.97. The van der Waals surface area contributed by atoms with Crippen molar-refractivity contribution in [2.24, 2.45) is 5.92 Å². The fourth-order valence-electron chi connectivity index (χ4n) is 5.07. The third-order valence-corrected chi connectivity index (χ3v) is 6.69. The van der Waals surface area contributed by atoms with E-state index in [0.29, 0.717) is 17.9 Å². The van der Waals surface area contributed by atoms with Gasteiger partial charge in [-0.05, 0) is 54.9 Å². The van der Waals surface area contributed by atoms with Gasteiger partial charge in [0, 0.05) is 17.5 Å². The molecule has 6 heteroatoms. The topological polar surface area (TPSA) is 69.0 Å². The second-order valence-corrected chi connectivity index (χ2v) is 9.28. The van der Waals surface area contributed by atoms with Gasteiger partial charge in [-0.3, -0.25) is 9.69 Å². The molecule has 0 saturated carbocycles. The first-order valence-electron chi connectivity index (χ1n) is 11.7. The van der Waals surface area contributed by atoms with Gasteiger partial charge in [0.1, 0.15) is 30.7 Å². The molecular weight excluding hydrogens is 418 g/mol. The van der Waals surface area contributed by atoms with Crippen molar-refractivity contribution in [2.45, 2.75) is 58.7 Å². The first kappa shape index (κ1) is 21.7. The summed E-state index contributed by atoms with van der Waals surface area (Å²) in [6, 6.07) is 13.2. The zero-order valence-electron chi connectivity index (χ0n) is 19.1. The number of hydrogen-bond donors (Lipinski definition) is 0. The molecule has 2 heterocycles. The minimum Gasteiger partial charge on any atom is -0.478 e. The van der Waals surface area contributed by atoms with Crippen LogP contribution in [0, 0.1) is 5.92 Å². The summed E-state index contributed by atoms with van der Waals surface area (Å²) in [7, 11) is 0. The van der Waals surface area contributed by atoms with Crippen LogP contribution in [0.5, 0.6) is 5.75 Å². The lowest BCUT2D eigenvalue weighted by atomic mass is 9.89. The molecule has 1 aromatic heterocycles. The number of nitrogens with zero attached hydrogens (tertiary/aromatic N) is 1. The number of aryl methyl sites for hydroxylation is 1. The molecule has 172 valence electrons. The van der Waals surface area contributed by atoms with Gasteiger partial charge in [-0.2, -0.15) is 0 Å². The summed E-state index contributed by atoms with van der Waals surface area (Å²) < 4.78 is 17.5. The highest BCUT2D eigenvalue weighted by Gasteiger charge is 2.35. The summed E-state index contributed by atoms with van der Waals surface area (Å²) in [4.78, 5) is 27.8. The van der Waals surface area contributed by atoms with E-state index in [1.165, 1.54) is 0 Å². The van der Waals surface area contributed by atoms with E-state index >= 15 is 0 Å². The van der Waals surface area contributed by atoms with Gasteiger partial charge in [0.05, 0.1) is 5.56 Å². The fraction of sp³-hybridized carbons (Fsp3) is 0.407. The summed E-state index contributed by atoms with van der Waals surface area (Å²) >= 11 is 0. The molecule has 33 heavy (non-hydrogen) atoms. The smallest absolute Gasteiger partial charge is 0.339 e. The molecule has 5 rings (SSSR count). The van der Waals surface area contributed by atoms with Crippen LogP contribution in [0.3, 0.4) is 0 Å². The van der Waals surface area contributed by atoms with Crippen LogP contribution in [0.25, 0.3) is 11.0 Å². The van der Waals surface area contributed by atoms with E-state index in [1.807, 2.05) is 61.2 Å². The Morgan fingerprint density at radius 3 is 2.55 bits per heavy atom. The molecule has 0 spiro atoms. The third-order valence-electron chi connectivity index (χ3n) is 6.69. The number of rotatable bonds is 5. The molecule has 1 aliphatic carbocycles. The van der Waals surface area contributed by atoms with E-state index in [9.17, 15) is 9.59 Å². The van der Waals surface area contributed by atoms with Crippen molar-refractivity contribution in [3.63, 3.8) is 0 Å². The molecule has 0 radical (unpaired) electrons. The van der Waals surface area contributed by atoms with Crippen LogP contribution < -0.4 is 10.4 Å². The van der Waals surface area contributed by atoms with Gasteiger partial charge in [-0.25, -0.2) is 4.79 Å². The van der Waals surface area contributed by atoms with Crippen LogP contribution >= 0.6 is 0 Å². The normalized spacial score (nSPS) is 16.7. The number of carbonyl (C=O) groups is 1. The summed E-state index contributed by atoms with van der Waals surface area (Å²) in [6.07, 6.45) is 3.76. The van der Waals surface area contributed by atoms with Crippen molar-refractivity contribution in [2.75, 3.05) is 6.73 Å². The lowest BCUT2D eigenvalue weighted by Gasteiger charge is -2.36. The molecule has 2 aromatic carbocycles. The molecule has 6 nitrogen and oxygen atoms in total. The Labute approximate surface area is 193 Å². The molecule has 3 aromatic rings. The van der Waals surface area contributed by atoms with Crippen molar-refractivity contribution in [1.29, 1.82) is 0 Å². The molecule has 0 saturated heterocycles. The lowest BCUT2D eigenvalue weighted by molar-refractivity contribution is -0.155. The Morgan fingerprint density at radius 1 is 1.03 bits per heavy atom. The number of fused-ring (bicyclic) bond motifs is 5. The van der Waals surface area contributed by atoms with E-state index in [4.69, 9.17) is 13.9 Å². The number of hydrogen-bond acceptors (Lipinski definition) is 6. The van der Waals surface area contributed by atoms with Crippen LogP contribution in [0.15, 0.2) is 51.7 Å². The Hall–Kier alpha value is -3.12. The zero-order valence-corrected chi connectivity index (χ0v) is 19.1. The van der Waals surface area contributed by atoms with Crippen LogP contribution in [-0.4, -0.2) is 23.6 Å². The van der Waals surface area contributed by atoms with Crippen molar-refractivity contribution in [3.05, 3.63) is 75.1 Å². The summed E-state index contributed by atoms with van der Waals surface area (Å²) in [5.41, 5.74) is 4.03. The van der Waals surface area contributed by atoms with E-state index in [1.54, 1.807) is 0 Å². The second-order valence-electron chi connectivity index (χ2n) is 9.28.